The Morgan fingerprint density at radius 1 is 1.17 bits per heavy atom. The zero-order chi connectivity index (χ0) is 16.1. The van der Waals surface area contributed by atoms with Crippen molar-refractivity contribution in [3.8, 4) is 5.75 Å². The molecule has 2 aromatic carbocycles. The molecule has 3 rings (SSSR count). The average Bonchev–Trinajstić information content (AvgIpc) is 3.11. The second-order valence-electron chi connectivity index (χ2n) is 5.61. The molecule has 2 atom stereocenters. The fourth-order valence-corrected chi connectivity index (χ4v) is 2.71. The summed E-state index contributed by atoms with van der Waals surface area (Å²) in [7, 11) is 1.65. The van der Waals surface area contributed by atoms with Gasteiger partial charge in [0.15, 0.2) is 0 Å². The Labute approximate surface area is 136 Å². The zero-order valence-corrected chi connectivity index (χ0v) is 13.1. The van der Waals surface area contributed by atoms with Crippen molar-refractivity contribution in [3.63, 3.8) is 0 Å². The number of carbonyl (C=O) groups is 1. The van der Waals surface area contributed by atoms with E-state index in [1.54, 1.807) is 7.11 Å². The Balaban J connectivity index is 1.55. The van der Waals surface area contributed by atoms with Crippen molar-refractivity contribution < 1.29 is 9.53 Å². The molecule has 120 valence electrons. The fourth-order valence-electron chi connectivity index (χ4n) is 2.71. The maximum Gasteiger partial charge on any atom is 0.238 e. The summed E-state index contributed by atoms with van der Waals surface area (Å²) in [4.78, 5) is 12.3. The fraction of sp³-hybridized carbons (Fsp3) is 0.278. The molecule has 0 aromatic heterocycles. The maximum atomic E-state index is 12.3. The molecule has 0 spiro atoms. The van der Waals surface area contributed by atoms with Crippen molar-refractivity contribution in [1.82, 2.24) is 16.2 Å². The van der Waals surface area contributed by atoms with Crippen LogP contribution < -0.4 is 20.9 Å². The SMILES string of the molecule is COc1cccc(C2CC(C(=O)NCc3ccccc3)NN2)c1. The first-order chi connectivity index (χ1) is 11.3. The normalized spacial score (nSPS) is 20.2. The van der Waals surface area contributed by atoms with Crippen LogP contribution in [-0.4, -0.2) is 19.1 Å². The molecule has 0 bridgehead atoms. The molecule has 0 aliphatic carbocycles. The van der Waals surface area contributed by atoms with Crippen LogP contribution >= 0.6 is 0 Å². The summed E-state index contributed by atoms with van der Waals surface area (Å²) < 4.78 is 5.25. The molecule has 1 saturated heterocycles. The van der Waals surface area contributed by atoms with Crippen molar-refractivity contribution >= 4 is 5.91 Å². The summed E-state index contributed by atoms with van der Waals surface area (Å²) >= 11 is 0. The number of rotatable bonds is 5. The number of hydrogen-bond acceptors (Lipinski definition) is 4. The second kappa shape index (κ2) is 7.26. The van der Waals surface area contributed by atoms with E-state index >= 15 is 0 Å². The second-order valence-corrected chi connectivity index (χ2v) is 5.61. The number of amides is 1. The zero-order valence-electron chi connectivity index (χ0n) is 13.1. The molecule has 1 aliphatic heterocycles. The lowest BCUT2D eigenvalue weighted by molar-refractivity contribution is -0.123. The highest BCUT2D eigenvalue weighted by molar-refractivity contribution is 5.82. The highest BCUT2D eigenvalue weighted by Gasteiger charge is 2.30. The Hall–Kier alpha value is -2.37. The minimum absolute atomic E-state index is 0.00625. The molecule has 23 heavy (non-hydrogen) atoms. The lowest BCUT2D eigenvalue weighted by Crippen LogP contribution is -2.42. The molecule has 3 N–H and O–H groups in total. The van der Waals surface area contributed by atoms with Gasteiger partial charge in [0.2, 0.25) is 5.91 Å². The first-order valence-electron chi connectivity index (χ1n) is 7.73. The maximum absolute atomic E-state index is 12.3. The quantitative estimate of drug-likeness (QED) is 0.789. The minimum Gasteiger partial charge on any atom is -0.497 e. The van der Waals surface area contributed by atoms with Gasteiger partial charge < -0.3 is 10.1 Å². The summed E-state index contributed by atoms with van der Waals surface area (Å²) in [6.07, 6.45) is 0.702. The first kappa shape index (κ1) is 15.5. The number of hydrazine groups is 1. The Morgan fingerprint density at radius 2 is 2.00 bits per heavy atom. The Morgan fingerprint density at radius 3 is 2.78 bits per heavy atom. The van der Waals surface area contributed by atoms with Crippen LogP contribution in [0.3, 0.4) is 0 Å². The lowest BCUT2D eigenvalue weighted by Gasteiger charge is -2.11. The van der Waals surface area contributed by atoms with E-state index in [2.05, 4.69) is 16.2 Å². The molecular weight excluding hydrogens is 290 g/mol. The molecule has 0 saturated carbocycles. The lowest BCUT2D eigenvalue weighted by atomic mass is 10.0. The van der Waals surface area contributed by atoms with E-state index in [0.717, 1.165) is 16.9 Å². The molecule has 1 heterocycles. The predicted octanol–water partition coefficient (Wildman–Crippen LogP) is 1.92. The van der Waals surface area contributed by atoms with Gasteiger partial charge in [-0.15, -0.1) is 0 Å². The van der Waals surface area contributed by atoms with E-state index in [9.17, 15) is 4.79 Å². The largest absolute Gasteiger partial charge is 0.497 e. The van der Waals surface area contributed by atoms with E-state index in [-0.39, 0.29) is 18.0 Å². The van der Waals surface area contributed by atoms with Crippen molar-refractivity contribution in [2.75, 3.05) is 7.11 Å². The van der Waals surface area contributed by atoms with E-state index < -0.39 is 0 Å². The molecule has 2 unspecified atom stereocenters. The predicted molar refractivity (Wildman–Crippen MR) is 88.7 cm³/mol. The molecule has 5 nitrogen and oxygen atoms in total. The smallest absolute Gasteiger partial charge is 0.238 e. The van der Waals surface area contributed by atoms with E-state index in [1.807, 2.05) is 54.6 Å². The van der Waals surface area contributed by atoms with Crippen molar-refractivity contribution in [3.05, 3.63) is 65.7 Å². The van der Waals surface area contributed by atoms with Crippen LogP contribution in [0.25, 0.3) is 0 Å². The molecule has 2 aromatic rings. The number of hydrogen-bond donors (Lipinski definition) is 3. The molecule has 0 radical (unpaired) electrons. The summed E-state index contributed by atoms with van der Waals surface area (Å²) in [5.74, 6) is 0.827. The highest BCUT2D eigenvalue weighted by Crippen LogP contribution is 2.25. The topological polar surface area (TPSA) is 62.4 Å². The summed E-state index contributed by atoms with van der Waals surface area (Å²) in [5, 5.41) is 2.97. The number of ether oxygens (including phenoxy) is 1. The van der Waals surface area contributed by atoms with Crippen LogP contribution in [0.15, 0.2) is 54.6 Å². The van der Waals surface area contributed by atoms with Crippen LogP contribution in [-0.2, 0) is 11.3 Å². The van der Waals surface area contributed by atoms with Gasteiger partial charge in [-0.2, -0.15) is 0 Å². The third kappa shape index (κ3) is 3.88. The van der Waals surface area contributed by atoms with E-state index in [1.165, 1.54) is 0 Å². The molecule has 1 fully saturated rings. The van der Waals surface area contributed by atoms with E-state index in [0.29, 0.717) is 13.0 Å². The standard InChI is InChI=1S/C18H21N3O2/c1-23-15-9-5-8-14(10-15)16-11-17(21-20-16)18(22)19-12-13-6-3-2-4-7-13/h2-10,16-17,20-21H,11-12H2,1H3,(H,19,22). The van der Waals surface area contributed by atoms with E-state index in [4.69, 9.17) is 4.74 Å². The van der Waals surface area contributed by atoms with Crippen LogP contribution in [0.5, 0.6) is 5.75 Å². The summed E-state index contributed by atoms with van der Waals surface area (Å²) in [6.45, 7) is 0.543. The summed E-state index contributed by atoms with van der Waals surface area (Å²) in [6, 6.07) is 17.6. The first-order valence-corrected chi connectivity index (χ1v) is 7.73. The van der Waals surface area contributed by atoms with Gasteiger partial charge in [0.1, 0.15) is 11.8 Å². The monoisotopic (exact) mass is 311 g/mol. The van der Waals surface area contributed by atoms with Gasteiger partial charge in [-0.1, -0.05) is 42.5 Å². The number of nitrogens with one attached hydrogen (secondary N) is 3. The summed E-state index contributed by atoms with van der Waals surface area (Å²) in [5.41, 5.74) is 8.46. The molecular formula is C18H21N3O2. The van der Waals surface area contributed by atoms with Crippen molar-refractivity contribution in [1.29, 1.82) is 0 Å². The van der Waals surface area contributed by atoms with Crippen molar-refractivity contribution in [2.24, 2.45) is 0 Å². The Kier molecular flexibility index (Phi) is 4.90. The van der Waals surface area contributed by atoms with Crippen LogP contribution in [0, 0.1) is 0 Å². The van der Waals surface area contributed by atoms with Gasteiger partial charge in [0.25, 0.3) is 0 Å². The molecule has 1 amide bonds. The third-order valence-corrected chi connectivity index (χ3v) is 4.03. The number of methoxy groups -OCH3 is 1. The Bertz CT molecular complexity index is 660. The minimum atomic E-state index is -0.241. The van der Waals surface area contributed by atoms with Gasteiger partial charge in [-0.05, 0) is 29.7 Å². The van der Waals surface area contributed by atoms with Gasteiger partial charge in [0.05, 0.1) is 7.11 Å². The third-order valence-electron chi connectivity index (χ3n) is 4.03. The van der Waals surface area contributed by atoms with Gasteiger partial charge in [-0.25, -0.2) is 10.9 Å². The number of carbonyl (C=O) groups excluding carboxylic acids is 1. The van der Waals surface area contributed by atoms with Gasteiger partial charge in [-0.3, -0.25) is 4.79 Å². The highest BCUT2D eigenvalue weighted by atomic mass is 16.5. The molecule has 5 heteroatoms. The van der Waals surface area contributed by atoms with Gasteiger partial charge in [0, 0.05) is 12.6 Å². The van der Waals surface area contributed by atoms with Crippen LogP contribution in [0.4, 0.5) is 0 Å². The molecule has 1 aliphatic rings. The average molecular weight is 311 g/mol. The van der Waals surface area contributed by atoms with Crippen LogP contribution in [0.2, 0.25) is 0 Å². The van der Waals surface area contributed by atoms with Gasteiger partial charge >= 0.3 is 0 Å². The van der Waals surface area contributed by atoms with Crippen LogP contribution in [0.1, 0.15) is 23.6 Å². The number of benzene rings is 2. The van der Waals surface area contributed by atoms with Crippen molar-refractivity contribution in [2.45, 2.75) is 25.0 Å².